The highest BCUT2D eigenvalue weighted by Crippen LogP contribution is 2.19. The van der Waals surface area contributed by atoms with Gasteiger partial charge in [-0.2, -0.15) is 0 Å². The average molecular weight is 145 g/mol. The van der Waals surface area contributed by atoms with Crippen LogP contribution in [0.15, 0.2) is 0 Å². The highest BCUT2D eigenvalue weighted by Gasteiger charge is 2.32. The Morgan fingerprint density at radius 2 is 2.50 bits per heavy atom. The number of hydrogen-bond donors (Lipinski definition) is 2. The molecule has 0 aromatic heterocycles. The zero-order valence-electron chi connectivity index (χ0n) is 5.99. The molecule has 1 fully saturated rings. The summed E-state index contributed by atoms with van der Waals surface area (Å²) in [6.07, 6.45) is 0.391. The predicted octanol–water partition coefficient (Wildman–Crippen LogP) is -2.01. The van der Waals surface area contributed by atoms with E-state index < -0.39 is 0 Å². The molecule has 10 heavy (non-hydrogen) atoms. The molecule has 1 aliphatic rings. The first kappa shape index (κ1) is 8.01. The minimum atomic E-state index is -0.236. The topological polar surface area (TPSA) is 64.7 Å². The SMILES string of the molecule is B[C@H]1CC(ON)[C@@H](CO)O1. The van der Waals surface area contributed by atoms with Crippen molar-refractivity contribution < 1.29 is 14.7 Å². The quantitative estimate of drug-likeness (QED) is 0.348. The van der Waals surface area contributed by atoms with Crippen LogP contribution in [0.25, 0.3) is 0 Å². The molecule has 1 saturated heterocycles. The van der Waals surface area contributed by atoms with Gasteiger partial charge in [-0.15, -0.1) is 0 Å². The number of rotatable bonds is 2. The van der Waals surface area contributed by atoms with Gasteiger partial charge in [0, 0.05) is 6.00 Å². The molecule has 0 bridgehead atoms. The van der Waals surface area contributed by atoms with Gasteiger partial charge in [-0.1, -0.05) is 0 Å². The third-order valence-electron chi connectivity index (χ3n) is 1.74. The highest BCUT2D eigenvalue weighted by atomic mass is 16.6. The van der Waals surface area contributed by atoms with Crippen molar-refractivity contribution in [3.05, 3.63) is 0 Å². The first-order valence-corrected chi connectivity index (χ1v) is 3.39. The Bertz CT molecular complexity index is 101. The van der Waals surface area contributed by atoms with Gasteiger partial charge in [0.15, 0.2) is 0 Å². The number of ether oxygens (including phenoxy) is 1. The highest BCUT2D eigenvalue weighted by molar-refractivity contribution is 6.11. The van der Waals surface area contributed by atoms with Crippen LogP contribution in [0.5, 0.6) is 0 Å². The summed E-state index contributed by atoms with van der Waals surface area (Å²) in [5.41, 5.74) is 0. The standard InChI is InChI=1S/C5H12BNO3/c6-5-1-3(10-7)4(2-8)9-5/h3-5,8H,1-2,6-7H2/t3?,4-,5-/m1/s1. The summed E-state index contributed by atoms with van der Waals surface area (Å²) >= 11 is 0. The van der Waals surface area contributed by atoms with Gasteiger partial charge in [-0.05, 0) is 6.42 Å². The molecule has 3 N–H and O–H groups in total. The summed E-state index contributed by atoms with van der Waals surface area (Å²) in [5.74, 6) is 4.97. The minimum absolute atomic E-state index is 0.0216. The summed E-state index contributed by atoms with van der Waals surface area (Å²) in [5, 5.41) is 8.72. The van der Waals surface area contributed by atoms with Crippen molar-refractivity contribution in [2.75, 3.05) is 6.61 Å². The largest absolute Gasteiger partial charge is 0.394 e. The van der Waals surface area contributed by atoms with Crippen molar-refractivity contribution in [1.82, 2.24) is 0 Å². The first-order valence-electron chi connectivity index (χ1n) is 3.39. The maximum atomic E-state index is 8.72. The number of aliphatic hydroxyl groups excluding tert-OH is 1. The fraction of sp³-hybridized carbons (Fsp3) is 1.00. The number of hydrogen-bond acceptors (Lipinski definition) is 4. The van der Waals surface area contributed by atoms with Crippen LogP contribution in [-0.2, 0) is 9.57 Å². The van der Waals surface area contributed by atoms with Gasteiger partial charge in [0.2, 0.25) is 0 Å². The Morgan fingerprint density at radius 3 is 2.90 bits per heavy atom. The van der Waals surface area contributed by atoms with Crippen LogP contribution in [0.4, 0.5) is 0 Å². The smallest absolute Gasteiger partial charge is 0.139 e. The lowest BCUT2D eigenvalue weighted by Gasteiger charge is -2.12. The summed E-state index contributed by atoms with van der Waals surface area (Å²) in [4.78, 5) is 4.60. The lowest BCUT2D eigenvalue weighted by atomic mass is 9.96. The Hall–Kier alpha value is -0.0951. The zero-order valence-corrected chi connectivity index (χ0v) is 5.99. The fourth-order valence-electron chi connectivity index (χ4n) is 1.22. The second-order valence-electron chi connectivity index (χ2n) is 2.58. The Balaban J connectivity index is 2.41. The molecule has 0 amide bonds. The summed E-state index contributed by atoms with van der Waals surface area (Å²) in [6, 6.07) is 0.144. The molecule has 1 aliphatic heterocycles. The van der Waals surface area contributed by atoms with E-state index in [1.54, 1.807) is 0 Å². The van der Waals surface area contributed by atoms with Crippen LogP contribution < -0.4 is 5.90 Å². The first-order chi connectivity index (χ1) is 4.77. The van der Waals surface area contributed by atoms with E-state index in [0.717, 1.165) is 6.42 Å². The van der Waals surface area contributed by atoms with E-state index in [9.17, 15) is 0 Å². The third-order valence-corrected chi connectivity index (χ3v) is 1.74. The molecule has 3 atom stereocenters. The second-order valence-corrected chi connectivity index (χ2v) is 2.58. The molecule has 5 heteroatoms. The third kappa shape index (κ3) is 1.49. The van der Waals surface area contributed by atoms with Crippen LogP contribution in [-0.4, -0.2) is 37.8 Å². The van der Waals surface area contributed by atoms with E-state index in [4.69, 9.17) is 15.7 Å². The zero-order chi connectivity index (χ0) is 7.56. The Kier molecular flexibility index (Phi) is 2.68. The Labute approximate surface area is 60.7 Å². The van der Waals surface area contributed by atoms with E-state index in [2.05, 4.69) is 4.84 Å². The van der Waals surface area contributed by atoms with Gasteiger partial charge in [0.05, 0.1) is 6.61 Å². The van der Waals surface area contributed by atoms with E-state index in [-0.39, 0.29) is 24.8 Å². The molecule has 1 unspecified atom stereocenters. The van der Waals surface area contributed by atoms with E-state index >= 15 is 0 Å². The molecule has 1 rings (SSSR count). The van der Waals surface area contributed by atoms with Gasteiger partial charge in [-0.25, -0.2) is 5.90 Å². The predicted molar refractivity (Wildman–Crippen MR) is 38.0 cm³/mol. The number of aliphatic hydroxyl groups is 1. The van der Waals surface area contributed by atoms with E-state index in [1.165, 1.54) is 0 Å². The normalized spacial score (nSPS) is 40.4. The van der Waals surface area contributed by atoms with Crippen molar-refractivity contribution in [1.29, 1.82) is 0 Å². The van der Waals surface area contributed by atoms with Crippen LogP contribution >= 0.6 is 0 Å². The van der Waals surface area contributed by atoms with Gasteiger partial charge in [0.25, 0.3) is 0 Å². The molecule has 0 aromatic rings. The molecule has 0 spiro atoms. The molecule has 4 nitrogen and oxygen atoms in total. The number of nitrogens with two attached hydrogens (primary N) is 1. The lowest BCUT2D eigenvalue weighted by Crippen LogP contribution is -2.29. The lowest BCUT2D eigenvalue weighted by molar-refractivity contribution is -0.0383. The van der Waals surface area contributed by atoms with Crippen LogP contribution in [0.1, 0.15) is 6.42 Å². The van der Waals surface area contributed by atoms with Gasteiger partial charge >= 0.3 is 0 Å². The average Bonchev–Trinajstić information content (AvgIpc) is 2.30. The van der Waals surface area contributed by atoms with Crippen LogP contribution in [0.2, 0.25) is 0 Å². The molecule has 0 aromatic carbocycles. The molecule has 1 heterocycles. The van der Waals surface area contributed by atoms with Crippen molar-refractivity contribution in [2.24, 2.45) is 5.90 Å². The van der Waals surface area contributed by atoms with E-state index in [1.807, 2.05) is 7.85 Å². The molecule has 58 valence electrons. The van der Waals surface area contributed by atoms with Gasteiger partial charge in [-0.3, -0.25) is 4.84 Å². The van der Waals surface area contributed by atoms with Crippen molar-refractivity contribution in [3.63, 3.8) is 0 Å². The van der Waals surface area contributed by atoms with Crippen LogP contribution in [0.3, 0.4) is 0 Å². The second kappa shape index (κ2) is 3.34. The molecule has 0 aliphatic carbocycles. The molecule has 0 saturated carbocycles. The van der Waals surface area contributed by atoms with Crippen molar-refractivity contribution in [3.8, 4) is 0 Å². The fourth-order valence-corrected chi connectivity index (χ4v) is 1.22. The molecular weight excluding hydrogens is 133 g/mol. The maximum Gasteiger partial charge on any atom is 0.139 e. The molecular formula is C5H12BNO3. The van der Waals surface area contributed by atoms with Crippen molar-refractivity contribution in [2.45, 2.75) is 24.6 Å². The van der Waals surface area contributed by atoms with Gasteiger partial charge < -0.3 is 9.84 Å². The summed E-state index contributed by atoms with van der Waals surface area (Å²) in [6.45, 7) is -0.0216. The van der Waals surface area contributed by atoms with Crippen molar-refractivity contribution >= 4 is 7.85 Å². The maximum absolute atomic E-state index is 8.72. The summed E-state index contributed by atoms with van der Waals surface area (Å²) in [7, 11) is 1.93. The monoisotopic (exact) mass is 145 g/mol. The molecule has 0 radical (unpaired) electrons. The minimum Gasteiger partial charge on any atom is -0.394 e. The van der Waals surface area contributed by atoms with Gasteiger partial charge in [0.1, 0.15) is 20.1 Å². The Morgan fingerprint density at radius 1 is 1.80 bits per heavy atom. The van der Waals surface area contributed by atoms with E-state index in [0.29, 0.717) is 0 Å². The van der Waals surface area contributed by atoms with Crippen LogP contribution in [0, 0.1) is 0 Å². The summed E-state index contributed by atoms with van der Waals surface area (Å²) < 4.78 is 5.26.